The molecule has 3 amide bonds. The van der Waals surface area contributed by atoms with Crippen LogP contribution in [-0.2, 0) is 9.53 Å². The third-order valence-corrected chi connectivity index (χ3v) is 4.78. The van der Waals surface area contributed by atoms with Gasteiger partial charge in [0.25, 0.3) is 5.91 Å². The van der Waals surface area contributed by atoms with E-state index in [4.69, 9.17) is 25.8 Å². The maximum absolute atomic E-state index is 12.4. The molecule has 1 aromatic rings. The third kappa shape index (κ3) is 6.52. The molecule has 1 aliphatic carbocycles. The minimum absolute atomic E-state index is 0.0729. The fraction of sp³-hybridized carbons (Fsp3) is 0.550. The lowest BCUT2D eigenvalue weighted by Gasteiger charge is -2.16. The van der Waals surface area contributed by atoms with E-state index in [-0.39, 0.29) is 22.4 Å². The minimum atomic E-state index is -1.17. The Morgan fingerprint density at radius 3 is 2.55 bits per heavy atom. The van der Waals surface area contributed by atoms with Gasteiger partial charge in [-0.1, -0.05) is 31.4 Å². The van der Waals surface area contributed by atoms with Gasteiger partial charge in [-0.3, -0.25) is 10.1 Å². The molecule has 2 N–H and O–H groups in total. The Hall–Kier alpha value is -2.48. The number of amides is 3. The second-order valence-corrected chi connectivity index (χ2v) is 7.24. The zero-order valence-electron chi connectivity index (χ0n) is 16.9. The molecule has 160 valence electrons. The van der Waals surface area contributed by atoms with Crippen LogP contribution in [0, 0.1) is 0 Å². The molecular weight excluding hydrogens is 400 g/mol. The summed E-state index contributed by atoms with van der Waals surface area (Å²) in [5.74, 6) is -0.867. The molecule has 0 spiro atoms. The van der Waals surface area contributed by atoms with Crippen LogP contribution in [0.3, 0.4) is 0 Å². The van der Waals surface area contributed by atoms with Crippen molar-refractivity contribution >= 4 is 29.5 Å². The second kappa shape index (κ2) is 10.9. The van der Waals surface area contributed by atoms with Gasteiger partial charge in [0.2, 0.25) is 0 Å². The molecule has 0 bridgehead atoms. The first-order chi connectivity index (χ1) is 13.8. The molecule has 0 aromatic heterocycles. The van der Waals surface area contributed by atoms with Crippen LogP contribution in [0.1, 0.15) is 56.3 Å². The van der Waals surface area contributed by atoms with Gasteiger partial charge in [-0.25, -0.2) is 9.59 Å². The van der Waals surface area contributed by atoms with Gasteiger partial charge in [-0.05, 0) is 38.3 Å². The van der Waals surface area contributed by atoms with Crippen molar-refractivity contribution in [2.75, 3.05) is 13.7 Å². The van der Waals surface area contributed by atoms with Gasteiger partial charge in [0.05, 0.1) is 24.3 Å². The number of nitrogens with one attached hydrogen (secondary N) is 2. The van der Waals surface area contributed by atoms with Gasteiger partial charge in [-0.15, -0.1) is 0 Å². The quantitative estimate of drug-likeness (QED) is 0.617. The molecule has 0 heterocycles. The maximum Gasteiger partial charge on any atom is 0.339 e. The lowest BCUT2D eigenvalue weighted by Crippen LogP contribution is -2.47. The summed E-state index contributed by atoms with van der Waals surface area (Å²) in [6.07, 6.45) is 3.52. The minimum Gasteiger partial charge on any atom is -0.493 e. The van der Waals surface area contributed by atoms with Crippen LogP contribution < -0.4 is 20.1 Å². The number of rotatable bonds is 8. The van der Waals surface area contributed by atoms with Crippen LogP contribution in [0.5, 0.6) is 11.5 Å². The summed E-state index contributed by atoms with van der Waals surface area (Å²) in [4.78, 5) is 36.4. The number of carbonyl (C=O) groups is 3. The smallest absolute Gasteiger partial charge is 0.339 e. The van der Waals surface area contributed by atoms with Crippen molar-refractivity contribution in [2.45, 2.75) is 58.1 Å². The Balaban J connectivity index is 1.96. The first kappa shape index (κ1) is 22.8. The molecule has 0 saturated heterocycles. The van der Waals surface area contributed by atoms with Gasteiger partial charge >= 0.3 is 12.0 Å². The van der Waals surface area contributed by atoms with E-state index in [0.29, 0.717) is 12.4 Å². The Kier molecular flexibility index (Phi) is 8.57. The predicted molar refractivity (Wildman–Crippen MR) is 108 cm³/mol. The Morgan fingerprint density at radius 2 is 1.93 bits per heavy atom. The number of imide groups is 1. The van der Waals surface area contributed by atoms with Crippen LogP contribution in [0.15, 0.2) is 12.1 Å². The summed E-state index contributed by atoms with van der Waals surface area (Å²) < 4.78 is 15.9. The molecular formula is C20H27ClN2O6. The van der Waals surface area contributed by atoms with Crippen LogP contribution >= 0.6 is 11.6 Å². The summed E-state index contributed by atoms with van der Waals surface area (Å²) in [6.45, 7) is 3.78. The fourth-order valence-corrected chi connectivity index (χ4v) is 3.23. The summed E-state index contributed by atoms with van der Waals surface area (Å²) in [7, 11) is 1.43. The van der Waals surface area contributed by atoms with Crippen molar-refractivity contribution in [2.24, 2.45) is 0 Å². The number of benzene rings is 1. The number of methoxy groups -OCH3 is 1. The maximum atomic E-state index is 12.4. The standard InChI is InChI=1S/C20H27ClN2O6/c1-4-9-28-17-15(21)10-13(11-16(17)27-3)19(25)29-12(2)18(24)23-20(26)22-14-7-5-6-8-14/h10-12,14H,4-9H2,1-3H3,(H2,22,23,24,26). The number of hydrogen-bond acceptors (Lipinski definition) is 6. The predicted octanol–water partition coefficient (Wildman–Crippen LogP) is 3.45. The average molecular weight is 427 g/mol. The van der Waals surface area contributed by atoms with E-state index in [1.54, 1.807) is 0 Å². The van der Waals surface area contributed by atoms with Crippen LogP contribution in [-0.4, -0.2) is 43.8 Å². The van der Waals surface area contributed by atoms with Crippen molar-refractivity contribution in [1.82, 2.24) is 10.6 Å². The number of urea groups is 1. The van der Waals surface area contributed by atoms with Gasteiger partial charge in [-0.2, -0.15) is 0 Å². The molecule has 2 rings (SSSR count). The van der Waals surface area contributed by atoms with Crippen molar-refractivity contribution < 1.29 is 28.6 Å². The molecule has 29 heavy (non-hydrogen) atoms. The monoisotopic (exact) mass is 426 g/mol. The van der Waals surface area contributed by atoms with Crippen LogP contribution in [0.4, 0.5) is 4.79 Å². The number of esters is 1. The Bertz CT molecular complexity index is 749. The van der Waals surface area contributed by atoms with E-state index in [1.807, 2.05) is 6.92 Å². The Morgan fingerprint density at radius 1 is 1.24 bits per heavy atom. The van der Waals surface area contributed by atoms with Crippen molar-refractivity contribution in [3.8, 4) is 11.5 Å². The van der Waals surface area contributed by atoms with Gasteiger partial charge in [0.1, 0.15) is 0 Å². The summed E-state index contributed by atoms with van der Waals surface area (Å²) in [5, 5.41) is 5.12. The number of ether oxygens (including phenoxy) is 3. The highest BCUT2D eigenvalue weighted by atomic mass is 35.5. The zero-order valence-corrected chi connectivity index (χ0v) is 17.6. The van der Waals surface area contributed by atoms with Crippen molar-refractivity contribution in [3.05, 3.63) is 22.7 Å². The average Bonchev–Trinajstić information content (AvgIpc) is 3.18. The van der Waals surface area contributed by atoms with Crippen molar-refractivity contribution in [3.63, 3.8) is 0 Å². The lowest BCUT2D eigenvalue weighted by atomic mass is 10.2. The highest BCUT2D eigenvalue weighted by molar-refractivity contribution is 6.32. The molecule has 9 heteroatoms. The van der Waals surface area contributed by atoms with E-state index in [1.165, 1.54) is 26.2 Å². The molecule has 1 atom stereocenters. The number of hydrogen-bond donors (Lipinski definition) is 2. The fourth-order valence-electron chi connectivity index (χ4n) is 2.97. The van der Waals surface area contributed by atoms with Gasteiger partial charge in [0.15, 0.2) is 17.6 Å². The number of halogens is 1. The third-order valence-electron chi connectivity index (χ3n) is 4.50. The van der Waals surface area contributed by atoms with Gasteiger partial charge < -0.3 is 19.5 Å². The summed E-state index contributed by atoms with van der Waals surface area (Å²) in [5.41, 5.74) is 0.103. The van der Waals surface area contributed by atoms with Crippen LogP contribution in [0.2, 0.25) is 5.02 Å². The molecule has 1 fully saturated rings. The van der Waals surface area contributed by atoms with E-state index < -0.39 is 24.0 Å². The second-order valence-electron chi connectivity index (χ2n) is 6.83. The highest BCUT2D eigenvalue weighted by Crippen LogP contribution is 2.36. The normalized spacial score (nSPS) is 14.8. The van der Waals surface area contributed by atoms with E-state index >= 15 is 0 Å². The van der Waals surface area contributed by atoms with E-state index in [0.717, 1.165) is 32.1 Å². The SMILES string of the molecule is CCCOc1c(Cl)cc(C(=O)OC(C)C(=O)NC(=O)NC2CCCC2)cc1OC. The zero-order chi connectivity index (χ0) is 21.4. The molecule has 0 radical (unpaired) electrons. The van der Waals surface area contributed by atoms with E-state index in [2.05, 4.69) is 10.6 Å². The first-order valence-corrected chi connectivity index (χ1v) is 10.1. The summed E-state index contributed by atoms with van der Waals surface area (Å²) >= 11 is 6.20. The molecule has 1 aliphatic rings. The largest absolute Gasteiger partial charge is 0.493 e. The molecule has 1 unspecified atom stereocenters. The topological polar surface area (TPSA) is 103 Å². The van der Waals surface area contributed by atoms with Crippen molar-refractivity contribution in [1.29, 1.82) is 0 Å². The molecule has 0 aliphatic heterocycles. The molecule has 1 saturated carbocycles. The Labute approximate surface area is 175 Å². The summed E-state index contributed by atoms with van der Waals surface area (Å²) in [6, 6.07) is 2.29. The van der Waals surface area contributed by atoms with E-state index in [9.17, 15) is 14.4 Å². The first-order valence-electron chi connectivity index (χ1n) is 9.68. The van der Waals surface area contributed by atoms with Gasteiger partial charge in [0, 0.05) is 6.04 Å². The lowest BCUT2D eigenvalue weighted by molar-refractivity contribution is -0.127. The highest BCUT2D eigenvalue weighted by Gasteiger charge is 2.24. The van der Waals surface area contributed by atoms with Crippen LogP contribution in [0.25, 0.3) is 0 Å². The molecule has 1 aromatic carbocycles. The number of carbonyl (C=O) groups excluding carboxylic acids is 3. The molecule has 8 nitrogen and oxygen atoms in total.